The number of rotatable bonds is 4. The summed E-state index contributed by atoms with van der Waals surface area (Å²) in [7, 11) is 0. The van der Waals surface area contributed by atoms with Crippen molar-refractivity contribution in [1.29, 1.82) is 0 Å². The van der Waals surface area contributed by atoms with Gasteiger partial charge in [-0.3, -0.25) is 14.4 Å². The fraction of sp³-hybridized carbons (Fsp3) is 0.800. The van der Waals surface area contributed by atoms with E-state index in [0.29, 0.717) is 31.0 Å². The van der Waals surface area contributed by atoms with Crippen molar-refractivity contribution in [2.24, 2.45) is 11.8 Å². The molecule has 0 radical (unpaired) electrons. The van der Waals surface area contributed by atoms with Crippen LogP contribution in [0.25, 0.3) is 0 Å². The molecule has 3 unspecified atom stereocenters. The molecule has 7 heteroatoms. The topological polar surface area (TPSA) is 77.9 Å². The largest absolute Gasteiger partial charge is 0.481 e. The minimum Gasteiger partial charge on any atom is -0.481 e. The molecule has 2 aliphatic rings. The smallest absolute Gasteiger partial charge is 0.308 e. The van der Waals surface area contributed by atoms with E-state index in [0.717, 1.165) is 6.42 Å². The number of carboxylic acids is 1. The molecule has 3 atom stereocenters. The SMILES string of the molecule is CCCC(=O)N1CSCC1C(=O)N1CC(C)CC(C(=O)O)C1. The van der Waals surface area contributed by atoms with Gasteiger partial charge in [-0.1, -0.05) is 13.8 Å². The first-order valence-electron chi connectivity index (χ1n) is 7.82. The van der Waals surface area contributed by atoms with Crippen molar-refractivity contribution in [3.63, 3.8) is 0 Å². The van der Waals surface area contributed by atoms with Crippen LogP contribution in [-0.2, 0) is 14.4 Å². The zero-order valence-corrected chi connectivity index (χ0v) is 14.0. The third-order valence-corrected chi connectivity index (χ3v) is 5.28. The molecule has 0 aromatic carbocycles. The Hall–Kier alpha value is -1.24. The number of nitrogens with zero attached hydrogens (tertiary/aromatic N) is 2. The number of piperidine rings is 1. The second kappa shape index (κ2) is 7.35. The molecule has 0 spiro atoms. The Morgan fingerprint density at radius 2 is 2.00 bits per heavy atom. The minimum atomic E-state index is -0.843. The van der Waals surface area contributed by atoms with E-state index in [4.69, 9.17) is 0 Å². The number of thioether (sulfide) groups is 1. The van der Waals surface area contributed by atoms with Crippen LogP contribution >= 0.6 is 11.8 Å². The van der Waals surface area contributed by atoms with Gasteiger partial charge in [-0.05, 0) is 18.8 Å². The summed E-state index contributed by atoms with van der Waals surface area (Å²) >= 11 is 1.59. The average Bonchev–Trinajstić information content (AvgIpc) is 2.95. The van der Waals surface area contributed by atoms with E-state index < -0.39 is 17.9 Å². The second-order valence-corrected chi connectivity index (χ2v) is 7.25. The van der Waals surface area contributed by atoms with Crippen LogP contribution < -0.4 is 0 Å². The van der Waals surface area contributed by atoms with Gasteiger partial charge in [0.2, 0.25) is 11.8 Å². The quantitative estimate of drug-likeness (QED) is 0.840. The molecular formula is C15H24N2O4S. The highest BCUT2D eigenvalue weighted by Gasteiger charge is 2.40. The van der Waals surface area contributed by atoms with Crippen molar-refractivity contribution < 1.29 is 19.5 Å². The van der Waals surface area contributed by atoms with Crippen LogP contribution in [0.4, 0.5) is 0 Å². The van der Waals surface area contributed by atoms with Crippen molar-refractivity contribution in [2.45, 2.75) is 39.2 Å². The van der Waals surface area contributed by atoms with Crippen LogP contribution in [-0.4, -0.2) is 63.5 Å². The van der Waals surface area contributed by atoms with E-state index in [-0.39, 0.29) is 24.3 Å². The molecule has 2 rings (SSSR count). The van der Waals surface area contributed by atoms with Gasteiger partial charge in [0.1, 0.15) is 6.04 Å². The summed E-state index contributed by atoms with van der Waals surface area (Å²) in [6, 6.07) is -0.427. The van der Waals surface area contributed by atoms with Crippen LogP contribution in [0.3, 0.4) is 0 Å². The highest BCUT2D eigenvalue weighted by Crippen LogP contribution is 2.27. The predicted octanol–water partition coefficient (Wildman–Crippen LogP) is 1.26. The molecule has 0 aromatic rings. The Kier molecular flexibility index (Phi) is 5.72. The molecule has 2 saturated heterocycles. The van der Waals surface area contributed by atoms with Crippen LogP contribution in [0.15, 0.2) is 0 Å². The average molecular weight is 328 g/mol. The first-order valence-corrected chi connectivity index (χ1v) is 8.98. The maximum atomic E-state index is 12.8. The fourth-order valence-corrected chi connectivity index (χ4v) is 4.34. The Morgan fingerprint density at radius 3 is 2.64 bits per heavy atom. The van der Waals surface area contributed by atoms with Crippen molar-refractivity contribution in [3.8, 4) is 0 Å². The molecule has 2 heterocycles. The van der Waals surface area contributed by atoms with E-state index in [1.165, 1.54) is 0 Å². The molecule has 124 valence electrons. The number of hydrogen-bond donors (Lipinski definition) is 1. The standard InChI is InChI=1S/C15H24N2O4S/c1-3-4-13(18)17-9-22-8-12(17)14(19)16-6-10(2)5-11(7-16)15(20)21/h10-12H,3-9H2,1-2H3,(H,20,21). The van der Waals surface area contributed by atoms with Crippen LogP contribution in [0.1, 0.15) is 33.1 Å². The van der Waals surface area contributed by atoms with E-state index in [1.54, 1.807) is 21.6 Å². The lowest BCUT2D eigenvalue weighted by molar-refractivity contribution is -0.150. The summed E-state index contributed by atoms with van der Waals surface area (Å²) in [6.07, 6.45) is 1.83. The van der Waals surface area contributed by atoms with Gasteiger partial charge < -0.3 is 14.9 Å². The molecule has 2 amide bonds. The second-order valence-electron chi connectivity index (χ2n) is 6.25. The number of carbonyl (C=O) groups excluding carboxylic acids is 2. The Morgan fingerprint density at radius 1 is 1.27 bits per heavy atom. The first-order chi connectivity index (χ1) is 10.4. The summed E-state index contributed by atoms with van der Waals surface area (Å²) in [4.78, 5) is 39.4. The fourth-order valence-electron chi connectivity index (χ4n) is 3.17. The number of aliphatic carboxylic acids is 1. The number of amides is 2. The van der Waals surface area contributed by atoms with Gasteiger partial charge in [-0.15, -0.1) is 11.8 Å². The maximum absolute atomic E-state index is 12.8. The van der Waals surface area contributed by atoms with Crippen molar-refractivity contribution in [3.05, 3.63) is 0 Å². The van der Waals surface area contributed by atoms with E-state index >= 15 is 0 Å². The summed E-state index contributed by atoms with van der Waals surface area (Å²) in [6.45, 7) is 4.76. The highest BCUT2D eigenvalue weighted by molar-refractivity contribution is 7.99. The number of hydrogen-bond acceptors (Lipinski definition) is 4. The van der Waals surface area contributed by atoms with Crippen LogP contribution in [0.5, 0.6) is 0 Å². The molecule has 2 aliphatic heterocycles. The van der Waals surface area contributed by atoms with Gasteiger partial charge >= 0.3 is 5.97 Å². The van der Waals surface area contributed by atoms with Crippen molar-refractivity contribution in [1.82, 2.24) is 9.80 Å². The summed E-state index contributed by atoms with van der Waals surface area (Å²) < 4.78 is 0. The molecule has 0 saturated carbocycles. The van der Waals surface area contributed by atoms with Gasteiger partial charge in [0.25, 0.3) is 0 Å². The van der Waals surface area contributed by atoms with E-state index in [2.05, 4.69) is 0 Å². The number of carboxylic acid groups (broad SMARTS) is 1. The van der Waals surface area contributed by atoms with Crippen molar-refractivity contribution in [2.75, 3.05) is 24.7 Å². The molecule has 6 nitrogen and oxygen atoms in total. The highest BCUT2D eigenvalue weighted by atomic mass is 32.2. The lowest BCUT2D eigenvalue weighted by Gasteiger charge is -2.37. The van der Waals surface area contributed by atoms with Gasteiger partial charge in [-0.2, -0.15) is 0 Å². The molecule has 0 aliphatic carbocycles. The van der Waals surface area contributed by atoms with E-state index in [9.17, 15) is 19.5 Å². The minimum absolute atomic E-state index is 0.0192. The predicted molar refractivity (Wildman–Crippen MR) is 84.4 cm³/mol. The maximum Gasteiger partial charge on any atom is 0.308 e. The Bertz CT molecular complexity index is 457. The summed E-state index contributed by atoms with van der Waals surface area (Å²) in [5.41, 5.74) is 0. The third kappa shape index (κ3) is 3.74. The molecular weight excluding hydrogens is 304 g/mol. The van der Waals surface area contributed by atoms with Gasteiger partial charge in [0.05, 0.1) is 11.8 Å². The third-order valence-electron chi connectivity index (χ3n) is 4.27. The van der Waals surface area contributed by atoms with Crippen LogP contribution in [0.2, 0.25) is 0 Å². The lowest BCUT2D eigenvalue weighted by atomic mass is 9.90. The zero-order valence-electron chi connectivity index (χ0n) is 13.2. The van der Waals surface area contributed by atoms with Gasteiger partial charge in [-0.25, -0.2) is 0 Å². The molecule has 22 heavy (non-hydrogen) atoms. The van der Waals surface area contributed by atoms with Crippen molar-refractivity contribution >= 4 is 29.5 Å². The Labute approximate surface area is 135 Å². The first kappa shape index (κ1) is 17.1. The van der Waals surface area contributed by atoms with Gasteiger partial charge in [0.15, 0.2) is 0 Å². The molecule has 2 fully saturated rings. The molecule has 0 aromatic heterocycles. The number of carbonyl (C=O) groups is 3. The summed E-state index contributed by atoms with van der Waals surface area (Å²) in [5, 5.41) is 9.22. The molecule has 1 N–H and O–H groups in total. The monoisotopic (exact) mass is 328 g/mol. The van der Waals surface area contributed by atoms with Gasteiger partial charge in [0, 0.05) is 25.3 Å². The lowest BCUT2D eigenvalue weighted by Crippen LogP contribution is -2.53. The van der Waals surface area contributed by atoms with E-state index in [1.807, 2.05) is 13.8 Å². The normalized spacial score (nSPS) is 28.7. The molecule has 0 bridgehead atoms. The summed E-state index contributed by atoms with van der Waals surface area (Å²) in [5.74, 6) is -0.0750. The van der Waals surface area contributed by atoms with Crippen LogP contribution in [0, 0.1) is 11.8 Å². The Balaban J connectivity index is 2.06. The zero-order chi connectivity index (χ0) is 16.3. The number of likely N-dealkylation sites (tertiary alicyclic amines) is 1.